The van der Waals surface area contributed by atoms with E-state index in [1.807, 2.05) is 89.7 Å². The van der Waals surface area contributed by atoms with E-state index in [1.165, 1.54) is 0 Å². The fourth-order valence-electron chi connectivity index (χ4n) is 3.38. The van der Waals surface area contributed by atoms with Gasteiger partial charge in [-0.2, -0.15) is 5.10 Å². The molecule has 0 spiro atoms. The number of fused-ring (bicyclic) bond motifs is 1. The molecule has 0 radical (unpaired) electrons. The van der Waals surface area contributed by atoms with Crippen molar-refractivity contribution in [2.45, 2.75) is 6.54 Å². The summed E-state index contributed by atoms with van der Waals surface area (Å²) in [5, 5.41) is 7.59. The topological polar surface area (TPSA) is 72.7 Å². The number of anilines is 1. The Kier molecular flexibility index (Phi) is 4.94. The molecule has 5 aromatic rings. The van der Waals surface area contributed by atoms with E-state index in [-0.39, 0.29) is 5.91 Å². The first kappa shape index (κ1) is 18.7. The van der Waals surface area contributed by atoms with Crippen LogP contribution in [0.2, 0.25) is 0 Å². The lowest BCUT2D eigenvalue weighted by Gasteiger charge is -2.07. The van der Waals surface area contributed by atoms with Gasteiger partial charge in [0.15, 0.2) is 17.2 Å². The Morgan fingerprint density at radius 3 is 2.16 bits per heavy atom. The average molecular weight is 405 g/mol. The number of hydrogen-bond acceptors (Lipinski definition) is 4. The highest BCUT2D eigenvalue weighted by molar-refractivity contribution is 6.07. The summed E-state index contributed by atoms with van der Waals surface area (Å²) in [5.41, 5.74) is 3.78. The zero-order valence-electron chi connectivity index (χ0n) is 16.6. The van der Waals surface area contributed by atoms with Crippen molar-refractivity contribution >= 4 is 22.8 Å². The van der Waals surface area contributed by atoms with Crippen LogP contribution in [0, 0.1) is 0 Å². The third kappa shape index (κ3) is 4.04. The van der Waals surface area contributed by atoms with E-state index in [1.54, 1.807) is 12.1 Å². The third-order valence-corrected chi connectivity index (χ3v) is 4.90. The molecule has 150 valence electrons. The zero-order valence-corrected chi connectivity index (χ0v) is 16.6. The Balaban J connectivity index is 1.58. The van der Waals surface area contributed by atoms with E-state index in [0.717, 1.165) is 11.1 Å². The smallest absolute Gasteiger partial charge is 0.256 e. The first-order chi connectivity index (χ1) is 15.3. The quantitative estimate of drug-likeness (QED) is 0.456. The number of nitrogens with one attached hydrogen (secondary N) is 1. The molecule has 2 aromatic heterocycles. The van der Waals surface area contributed by atoms with Crippen molar-refractivity contribution in [1.82, 2.24) is 19.7 Å². The molecule has 6 heteroatoms. The predicted octanol–water partition coefficient (Wildman–Crippen LogP) is 4.79. The van der Waals surface area contributed by atoms with Crippen molar-refractivity contribution in [3.63, 3.8) is 0 Å². The molecule has 0 bridgehead atoms. The molecule has 0 saturated heterocycles. The SMILES string of the molecule is O=C(Nc1nc(-c2ccccc2)nc2cn(Cc3ccccc3)nc12)c1ccccc1. The summed E-state index contributed by atoms with van der Waals surface area (Å²) in [7, 11) is 0. The molecule has 0 aliphatic rings. The Labute approximate surface area is 179 Å². The van der Waals surface area contributed by atoms with Crippen LogP contribution in [0.4, 0.5) is 5.82 Å². The Bertz CT molecular complexity index is 1330. The van der Waals surface area contributed by atoms with Gasteiger partial charge in [0.25, 0.3) is 5.91 Å². The molecule has 0 saturated carbocycles. The Hall–Kier alpha value is -4.32. The second-order valence-corrected chi connectivity index (χ2v) is 7.13. The number of amides is 1. The summed E-state index contributed by atoms with van der Waals surface area (Å²) >= 11 is 0. The molecule has 2 heterocycles. The lowest BCUT2D eigenvalue weighted by Crippen LogP contribution is -2.14. The minimum absolute atomic E-state index is 0.239. The monoisotopic (exact) mass is 405 g/mol. The van der Waals surface area contributed by atoms with Gasteiger partial charge in [-0.25, -0.2) is 9.97 Å². The minimum atomic E-state index is -0.239. The second kappa shape index (κ2) is 8.20. The normalized spacial score (nSPS) is 10.8. The first-order valence-corrected chi connectivity index (χ1v) is 9.97. The molecule has 6 nitrogen and oxygen atoms in total. The van der Waals surface area contributed by atoms with Crippen molar-refractivity contribution in [3.8, 4) is 11.4 Å². The zero-order chi connectivity index (χ0) is 21.0. The van der Waals surface area contributed by atoms with Crippen molar-refractivity contribution in [2.24, 2.45) is 0 Å². The van der Waals surface area contributed by atoms with Crippen LogP contribution in [0.3, 0.4) is 0 Å². The van der Waals surface area contributed by atoms with Gasteiger partial charge in [-0.15, -0.1) is 0 Å². The average Bonchev–Trinajstić information content (AvgIpc) is 3.23. The molecule has 0 unspecified atom stereocenters. The summed E-state index contributed by atoms with van der Waals surface area (Å²) in [4.78, 5) is 22.1. The summed E-state index contributed by atoms with van der Waals surface area (Å²) in [5.74, 6) is 0.692. The second-order valence-electron chi connectivity index (χ2n) is 7.13. The number of rotatable bonds is 5. The van der Waals surface area contributed by atoms with Crippen LogP contribution in [0.5, 0.6) is 0 Å². The molecule has 0 aliphatic heterocycles. The molecule has 5 rings (SSSR count). The Morgan fingerprint density at radius 2 is 1.45 bits per heavy atom. The summed E-state index contributed by atoms with van der Waals surface area (Å²) < 4.78 is 1.82. The maximum Gasteiger partial charge on any atom is 0.256 e. The van der Waals surface area contributed by atoms with Gasteiger partial charge in [0, 0.05) is 11.1 Å². The fraction of sp³-hybridized carbons (Fsp3) is 0.0400. The van der Waals surface area contributed by atoms with Crippen molar-refractivity contribution in [1.29, 1.82) is 0 Å². The van der Waals surface area contributed by atoms with E-state index in [0.29, 0.717) is 34.8 Å². The van der Waals surface area contributed by atoms with Crippen LogP contribution in [0.25, 0.3) is 22.4 Å². The highest BCUT2D eigenvalue weighted by Crippen LogP contribution is 2.24. The molecule has 1 amide bonds. The molecular formula is C25H19N5O. The fourth-order valence-corrected chi connectivity index (χ4v) is 3.38. The van der Waals surface area contributed by atoms with Crippen LogP contribution in [-0.2, 0) is 6.54 Å². The summed E-state index contributed by atoms with van der Waals surface area (Å²) in [6, 6.07) is 28.8. The number of aromatic nitrogens is 4. The molecule has 0 fully saturated rings. The van der Waals surface area contributed by atoms with E-state index >= 15 is 0 Å². The van der Waals surface area contributed by atoms with Crippen LogP contribution in [-0.4, -0.2) is 25.7 Å². The van der Waals surface area contributed by atoms with E-state index in [4.69, 9.17) is 4.98 Å². The van der Waals surface area contributed by atoms with Crippen molar-refractivity contribution in [3.05, 3.63) is 108 Å². The highest BCUT2D eigenvalue weighted by atomic mass is 16.1. The number of carbonyl (C=O) groups is 1. The maximum absolute atomic E-state index is 12.8. The lowest BCUT2D eigenvalue weighted by atomic mass is 10.2. The summed E-state index contributed by atoms with van der Waals surface area (Å²) in [6.45, 7) is 0.601. The van der Waals surface area contributed by atoms with Gasteiger partial charge in [0.1, 0.15) is 5.52 Å². The van der Waals surface area contributed by atoms with Gasteiger partial charge in [-0.1, -0.05) is 78.9 Å². The first-order valence-electron chi connectivity index (χ1n) is 9.97. The van der Waals surface area contributed by atoms with Crippen LogP contribution in [0.1, 0.15) is 15.9 Å². The highest BCUT2D eigenvalue weighted by Gasteiger charge is 2.16. The Morgan fingerprint density at radius 1 is 0.806 bits per heavy atom. The molecular weight excluding hydrogens is 386 g/mol. The van der Waals surface area contributed by atoms with Crippen LogP contribution < -0.4 is 5.32 Å². The number of nitrogens with zero attached hydrogens (tertiary/aromatic N) is 4. The number of carbonyl (C=O) groups excluding carboxylic acids is 1. The summed E-state index contributed by atoms with van der Waals surface area (Å²) in [6.07, 6.45) is 1.88. The van der Waals surface area contributed by atoms with Gasteiger partial charge in [-0.3, -0.25) is 9.48 Å². The van der Waals surface area contributed by atoms with Crippen molar-refractivity contribution < 1.29 is 4.79 Å². The number of benzene rings is 3. The molecule has 0 atom stereocenters. The lowest BCUT2D eigenvalue weighted by molar-refractivity contribution is 0.102. The predicted molar refractivity (Wildman–Crippen MR) is 121 cm³/mol. The molecule has 1 N–H and O–H groups in total. The minimum Gasteiger partial charge on any atom is -0.305 e. The van der Waals surface area contributed by atoms with Crippen molar-refractivity contribution in [2.75, 3.05) is 5.32 Å². The third-order valence-electron chi connectivity index (χ3n) is 4.90. The largest absolute Gasteiger partial charge is 0.305 e. The van der Waals surface area contributed by atoms with Gasteiger partial charge in [0.05, 0.1) is 12.7 Å². The maximum atomic E-state index is 12.8. The van der Waals surface area contributed by atoms with Gasteiger partial charge >= 0.3 is 0 Å². The molecule has 31 heavy (non-hydrogen) atoms. The van der Waals surface area contributed by atoms with Gasteiger partial charge in [0.2, 0.25) is 0 Å². The van der Waals surface area contributed by atoms with Gasteiger partial charge in [-0.05, 0) is 17.7 Å². The molecule has 3 aromatic carbocycles. The standard InChI is InChI=1S/C25H19N5O/c31-25(20-14-8-3-9-15-20)28-24-22-21(26-23(27-24)19-12-6-2-7-13-19)17-30(29-22)16-18-10-4-1-5-11-18/h1-15,17H,16H2,(H,26,27,28,31). The van der Waals surface area contributed by atoms with Crippen LogP contribution in [0.15, 0.2) is 97.2 Å². The van der Waals surface area contributed by atoms with Gasteiger partial charge < -0.3 is 5.32 Å². The van der Waals surface area contributed by atoms with E-state index in [9.17, 15) is 4.79 Å². The van der Waals surface area contributed by atoms with E-state index < -0.39 is 0 Å². The number of hydrogen-bond donors (Lipinski definition) is 1. The van der Waals surface area contributed by atoms with E-state index in [2.05, 4.69) is 15.4 Å². The van der Waals surface area contributed by atoms with Crippen LogP contribution >= 0.6 is 0 Å². The molecule has 0 aliphatic carbocycles.